The van der Waals surface area contributed by atoms with E-state index in [-0.39, 0.29) is 0 Å². The van der Waals surface area contributed by atoms with Crippen LogP contribution in [0.5, 0.6) is 0 Å². The number of fused-ring (bicyclic) bond motifs is 1. The van der Waals surface area contributed by atoms with Crippen LogP contribution in [0.4, 0.5) is 5.95 Å². The van der Waals surface area contributed by atoms with Crippen LogP contribution < -0.4 is 10.2 Å². The van der Waals surface area contributed by atoms with Crippen LogP contribution in [-0.4, -0.2) is 35.6 Å². The molecule has 0 aromatic carbocycles. The van der Waals surface area contributed by atoms with Crippen LogP contribution in [0.3, 0.4) is 0 Å². The third-order valence-electron chi connectivity index (χ3n) is 3.46. The van der Waals surface area contributed by atoms with Crippen molar-refractivity contribution < 1.29 is 0 Å². The zero-order chi connectivity index (χ0) is 11.0. The molecule has 2 aliphatic heterocycles. The smallest absolute Gasteiger partial charge is 0.226 e. The molecule has 5 nitrogen and oxygen atoms in total. The van der Waals surface area contributed by atoms with Gasteiger partial charge in [-0.15, -0.1) is 0 Å². The molecule has 2 fully saturated rings. The van der Waals surface area contributed by atoms with Gasteiger partial charge >= 0.3 is 0 Å². The molecule has 3 rings (SSSR count). The summed E-state index contributed by atoms with van der Waals surface area (Å²) in [6.45, 7) is 3.11. The van der Waals surface area contributed by atoms with Crippen molar-refractivity contribution in [1.82, 2.24) is 15.3 Å². The van der Waals surface area contributed by atoms with Crippen LogP contribution in [-0.2, 0) is 0 Å². The number of aromatic nitrogens is 2. The molecule has 82 valence electrons. The maximum absolute atomic E-state index is 8.82. The number of hydrogen-bond donors (Lipinski definition) is 1. The van der Waals surface area contributed by atoms with E-state index in [4.69, 9.17) is 5.26 Å². The molecular formula is C11H13N5. The summed E-state index contributed by atoms with van der Waals surface area (Å²) in [5.74, 6) is 1.42. The summed E-state index contributed by atoms with van der Waals surface area (Å²) in [6, 6.07) is 4.21. The van der Waals surface area contributed by atoms with Gasteiger partial charge in [0.1, 0.15) is 11.8 Å². The quantitative estimate of drug-likeness (QED) is 0.722. The summed E-state index contributed by atoms with van der Waals surface area (Å²) in [5, 5.41) is 12.2. The molecule has 16 heavy (non-hydrogen) atoms. The highest BCUT2D eigenvalue weighted by Crippen LogP contribution is 2.29. The van der Waals surface area contributed by atoms with Gasteiger partial charge in [0.25, 0.3) is 0 Å². The van der Waals surface area contributed by atoms with E-state index in [0.29, 0.717) is 23.6 Å². The first-order chi connectivity index (χ1) is 7.88. The lowest BCUT2D eigenvalue weighted by atomic mass is 10.1. The molecule has 2 saturated heterocycles. The van der Waals surface area contributed by atoms with E-state index in [1.807, 2.05) is 0 Å². The van der Waals surface area contributed by atoms with Crippen molar-refractivity contribution in [2.24, 2.45) is 5.92 Å². The van der Waals surface area contributed by atoms with E-state index < -0.39 is 0 Å². The van der Waals surface area contributed by atoms with Crippen LogP contribution in [0.25, 0.3) is 0 Å². The maximum atomic E-state index is 8.82. The molecule has 0 unspecified atom stereocenters. The van der Waals surface area contributed by atoms with Crippen molar-refractivity contribution in [3.63, 3.8) is 0 Å². The van der Waals surface area contributed by atoms with Gasteiger partial charge in [0, 0.05) is 31.9 Å². The molecule has 0 radical (unpaired) electrons. The van der Waals surface area contributed by atoms with Gasteiger partial charge < -0.3 is 10.2 Å². The van der Waals surface area contributed by atoms with E-state index in [9.17, 15) is 0 Å². The normalized spacial score (nSPS) is 27.8. The van der Waals surface area contributed by atoms with E-state index in [0.717, 1.165) is 19.6 Å². The Hall–Kier alpha value is -1.67. The Morgan fingerprint density at radius 1 is 1.50 bits per heavy atom. The highest BCUT2D eigenvalue weighted by atomic mass is 15.3. The van der Waals surface area contributed by atoms with Gasteiger partial charge in [-0.25, -0.2) is 9.97 Å². The molecule has 0 bridgehead atoms. The lowest BCUT2D eigenvalue weighted by Gasteiger charge is -2.22. The monoisotopic (exact) mass is 215 g/mol. The Bertz CT molecular complexity index is 438. The topological polar surface area (TPSA) is 64.8 Å². The maximum Gasteiger partial charge on any atom is 0.226 e. The molecule has 1 N–H and O–H groups in total. The van der Waals surface area contributed by atoms with Crippen LogP contribution in [0, 0.1) is 17.2 Å². The molecule has 2 atom stereocenters. The Balaban J connectivity index is 1.89. The number of nitriles is 1. The number of rotatable bonds is 1. The van der Waals surface area contributed by atoms with E-state index in [1.165, 1.54) is 6.42 Å². The van der Waals surface area contributed by atoms with Crippen molar-refractivity contribution in [3.8, 4) is 6.07 Å². The minimum atomic E-state index is 0.444. The average Bonchev–Trinajstić information content (AvgIpc) is 2.90. The first kappa shape index (κ1) is 9.55. The fourth-order valence-electron chi connectivity index (χ4n) is 2.65. The highest BCUT2D eigenvalue weighted by Gasteiger charge is 2.38. The third kappa shape index (κ3) is 1.42. The van der Waals surface area contributed by atoms with Gasteiger partial charge in [-0.05, 0) is 18.4 Å². The van der Waals surface area contributed by atoms with Crippen LogP contribution in [0.1, 0.15) is 12.1 Å². The number of nitrogens with zero attached hydrogens (tertiary/aromatic N) is 4. The van der Waals surface area contributed by atoms with Crippen molar-refractivity contribution in [2.75, 3.05) is 24.5 Å². The minimum Gasteiger partial charge on any atom is -0.336 e. The number of hydrogen-bond acceptors (Lipinski definition) is 5. The van der Waals surface area contributed by atoms with Gasteiger partial charge in [-0.3, -0.25) is 0 Å². The molecule has 1 aromatic heterocycles. The third-order valence-corrected chi connectivity index (χ3v) is 3.46. The molecule has 1 aromatic rings. The van der Waals surface area contributed by atoms with Gasteiger partial charge in [0.05, 0.1) is 0 Å². The van der Waals surface area contributed by atoms with E-state index in [2.05, 4.69) is 26.3 Å². The van der Waals surface area contributed by atoms with Crippen molar-refractivity contribution in [2.45, 2.75) is 12.5 Å². The van der Waals surface area contributed by atoms with Gasteiger partial charge in [0.15, 0.2) is 0 Å². The Morgan fingerprint density at radius 3 is 3.31 bits per heavy atom. The number of anilines is 1. The van der Waals surface area contributed by atoms with Crippen LogP contribution >= 0.6 is 0 Å². The van der Waals surface area contributed by atoms with E-state index in [1.54, 1.807) is 12.3 Å². The Labute approximate surface area is 94.1 Å². The molecule has 2 aliphatic rings. The zero-order valence-corrected chi connectivity index (χ0v) is 8.93. The molecule has 0 aliphatic carbocycles. The minimum absolute atomic E-state index is 0.444. The molecule has 0 saturated carbocycles. The largest absolute Gasteiger partial charge is 0.336 e. The lowest BCUT2D eigenvalue weighted by Crippen LogP contribution is -2.35. The molecule has 0 amide bonds. The SMILES string of the molecule is N#Cc1ccnc(N2CC[C@H]3CNC[C@H]32)n1. The van der Waals surface area contributed by atoms with E-state index >= 15 is 0 Å². The average molecular weight is 215 g/mol. The first-order valence-electron chi connectivity index (χ1n) is 5.59. The fourth-order valence-corrected chi connectivity index (χ4v) is 2.65. The predicted molar refractivity (Wildman–Crippen MR) is 58.9 cm³/mol. The predicted octanol–water partition coefficient (Wildman–Crippen LogP) is 0.146. The highest BCUT2D eigenvalue weighted by molar-refractivity contribution is 5.37. The van der Waals surface area contributed by atoms with Crippen LogP contribution in [0.15, 0.2) is 12.3 Å². The van der Waals surface area contributed by atoms with Gasteiger partial charge in [-0.2, -0.15) is 5.26 Å². The van der Waals surface area contributed by atoms with Crippen molar-refractivity contribution in [3.05, 3.63) is 18.0 Å². The molecule has 0 spiro atoms. The summed E-state index contributed by atoms with van der Waals surface area (Å²) in [7, 11) is 0. The molecule has 3 heterocycles. The first-order valence-corrected chi connectivity index (χ1v) is 5.59. The Morgan fingerprint density at radius 2 is 2.44 bits per heavy atom. The summed E-state index contributed by atoms with van der Waals surface area (Å²) < 4.78 is 0. The molecular weight excluding hydrogens is 202 g/mol. The van der Waals surface area contributed by atoms with Gasteiger partial charge in [-0.1, -0.05) is 0 Å². The summed E-state index contributed by atoms with van der Waals surface area (Å²) in [6.07, 6.45) is 2.86. The fraction of sp³-hybridized carbons (Fsp3) is 0.545. The second-order valence-electron chi connectivity index (χ2n) is 4.32. The summed E-state index contributed by atoms with van der Waals surface area (Å²) >= 11 is 0. The second-order valence-corrected chi connectivity index (χ2v) is 4.32. The van der Waals surface area contributed by atoms with Crippen molar-refractivity contribution >= 4 is 5.95 Å². The molecule has 5 heteroatoms. The summed E-state index contributed by atoms with van der Waals surface area (Å²) in [5.41, 5.74) is 0.444. The summed E-state index contributed by atoms with van der Waals surface area (Å²) in [4.78, 5) is 10.8. The standard InChI is InChI=1S/C11H13N5/c12-5-9-1-3-14-11(15-9)16-4-2-8-6-13-7-10(8)16/h1,3,8,10,13H,2,4,6-7H2/t8-,10+/m0/s1. The van der Waals surface area contributed by atoms with Crippen LogP contribution in [0.2, 0.25) is 0 Å². The second kappa shape index (κ2) is 3.72. The van der Waals surface area contributed by atoms with Gasteiger partial charge in [0.2, 0.25) is 5.95 Å². The zero-order valence-electron chi connectivity index (χ0n) is 8.93. The Kier molecular flexibility index (Phi) is 2.22. The number of nitrogens with one attached hydrogen (secondary N) is 1. The lowest BCUT2D eigenvalue weighted by molar-refractivity contribution is 0.576. The van der Waals surface area contributed by atoms with Crippen molar-refractivity contribution in [1.29, 1.82) is 5.26 Å².